The average Bonchev–Trinajstić information content (AvgIpc) is 2.45. The number of nitrogens with one attached hydrogen (secondary N) is 1. The van der Waals surface area contributed by atoms with Gasteiger partial charge in [-0.3, -0.25) is 4.79 Å². The van der Waals surface area contributed by atoms with Crippen molar-refractivity contribution in [3.63, 3.8) is 0 Å². The maximum Gasteiger partial charge on any atom is 0.222 e. The lowest BCUT2D eigenvalue weighted by molar-refractivity contribution is -0.123. The minimum Gasteiger partial charge on any atom is -0.380 e. The highest BCUT2D eigenvalue weighted by molar-refractivity contribution is 6.30. The number of nitrogens with two attached hydrogens (primary N) is 1. The van der Waals surface area contributed by atoms with Crippen molar-refractivity contribution in [2.24, 2.45) is 5.73 Å². The first kappa shape index (κ1) is 16.9. The average molecular weight is 301 g/mol. The van der Waals surface area contributed by atoms with E-state index in [1.165, 1.54) is 7.11 Å². The van der Waals surface area contributed by atoms with Gasteiger partial charge in [-0.25, -0.2) is 0 Å². The Morgan fingerprint density at radius 3 is 2.70 bits per heavy atom. The lowest BCUT2D eigenvalue weighted by Crippen LogP contribution is -2.34. The number of hydrogen-bond acceptors (Lipinski definition) is 4. The molecule has 0 saturated heterocycles. The Morgan fingerprint density at radius 2 is 2.15 bits per heavy atom. The summed E-state index contributed by atoms with van der Waals surface area (Å²) in [5.74, 6) is -0.119. The summed E-state index contributed by atoms with van der Waals surface area (Å²) in [6.45, 7) is 0.683. The first-order valence-corrected chi connectivity index (χ1v) is 6.76. The van der Waals surface area contributed by atoms with Crippen LogP contribution >= 0.6 is 11.6 Å². The van der Waals surface area contributed by atoms with E-state index in [1.54, 1.807) is 13.2 Å². The molecule has 5 nitrogen and oxygen atoms in total. The van der Waals surface area contributed by atoms with Gasteiger partial charge in [0, 0.05) is 32.3 Å². The van der Waals surface area contributed by atoms with Crippen molar-refractivity contribution in [2.45, 2.75) is 18.6 Å². The zero-order valence-electron chi connectivity index (χ0n) is 11.8. The van der Waals surface area contributed by atoms with Gasteiger partial charge in [0.15, 0.2) is 0 Å². The molecule has 0 aliphatic carbocycles. The maximum atomic E-state index is 11.8. The third kappa shape index (κ3) is 5.46. The molecule has 0 radical (unpaired) electrons. The molecule has 1 amide bonds. The van der Waals surface area contributed by atoms with Gasteiger partial charge in [-0.05, 0) is 17.7 Å². The number of carbonyl (C=O) groups excluding carboxylic acids is 1. The monoisotopic (exact) mass is 300 g/mol. The van der Waals surface area contributed by atoms with Crippen LogP contribution in [0.5, 0.6) is 0 Å². The van der Waals surface area contributed by atoms with Gasteiger partial charge in [0.2, 0.25) is 5.91 Å². The Bertz CT molecular complexity index is 425. The number of benzene rings is 1. The smallest absolute Gasteiger partial charge is 0.222 e. The van der Waals surface area contributed by atoms with Gasteiger partial charge >= 0.3 is 0 Å². The predicted octanol–water partition coefficient (Wildman–Crippen LogP) is 1.51. The quantitative estimate of drug-likeness (QED) is 0.763. The highest BCUT2D eigenvalue weighted by Gasteiger charge is 2.15. The summed E-state index contributed by atoms with van der Waals surface area (Å²) >= 11 is 5.94. The van der Waals surface area contributed by atoms with Crippen LogP contribution in [0.4, 0.5) is 0 Å². The third-order valence-electron chi connectivity index (χ3n) is 3.00. The second kappa shape index (κ2) is 8.92. The van der Waals surface area contributed by atoms with E-state index in [4.69, 9.17) is 26.8 Å². The van der Waals surface area contributed by atoms with Crippen LogP contribution in [0, 0.1) is 0 Å². The van der Waals surface area contributed by atoms with Crippen LogP contribution in [0.2, 0.25) is 5.02 Å². The van der Waals surface area contributed by atoms with Gasteiger partial charge < -0.3 is 20.5 Å². The molecule has 2 unspecified atom stereocenters. The molecule has 0 heterocycles. The van der Waals surface area contributed by atoms with E-state index >= 15 is 0 Å². The molecule has 0 saturated carbocycles. The van der Waals surface area contributed by atoms with Crippen LogP contribution < -0.4 is 11.1 Å². The van der Waals surface area contributed by atoms with Crippen LogP contribution in [0.15, 0.2) is 24.3 Å². The number of amides is 1. The summed E-state index contributed by atoms with van der Waals surface area (Å²) in [6.07, 6.45) is -0.266. The van der Waals surface area contributed by atoms with Gasteiger partial charge in [-0.1, -0.05) is 23.7 Å². The van der Waals surface area contributed by atoms with E-state index in [0.29, 0.717) is 18.1 Å². The minimum atomic E-state index is -0.262. The van der Waals surface area contributed by atoms with Gasteiger partial charge in [0.05, 0.1) is 18.6 Å². The SMILES string of the molecule is COC(CN)CC(=O)NCC(OC)c1cccc(Cl)c1. The van der Waals surface area contributed by atoms with Gasteiger partial charge in [0.25, 0.3) is 0 Å². The number of rotatable bonds is 8. The Balaban J connectivity index is 2.51. The summed E-state index contributed by atoms with van der Waals surface area (Å²) in [6, 6.07) is 7.37. The summed E-state index contributed by atoms with van der Waals surface area (Å²) in [5.41, 5.74) is 6.40. The van der Waals surface area contributed by atoms with Crippen molar-refractivity contribution in [1.82, 2.24) is 5.32 Å². The van der Waals surface area contributed by atoms with Crippen LogP contribution in [-0.4, -0.2) is 39.3 Å². The summed E-state index contributed by atoms with van der Waals surface area (Å²) in [4.78, 5) is 11.8. The van der Waals surface area contributed by atoms with Gasteiger partial charge in [0.1, 0.15) is 0 Å². The number of methoxy groups -OCH3 is 2. The molecule has 6 heteroatoms. The molecule has 2 atom stereocenters. The van der Waals surface area contributed by atoms with Crippen molar-refractivity contribution in [2.75, 3.05) is 27.3 Å². The molecule has 0 aromatic heterocycles. The number of ether oxygens (including phenoxy) is 2. The molecule has 1 aromatic rings. The molecule has 0 spiro atoms. The van der Waals surface area contributed by atoms with Crippen LogP contribution in [0.25, 0.3) is 0 Å². The summed E-state index contributed by atoms with van der Waals surface area (Å²) < 4.78 is 10.4. The van der Waals surface area contributed by atoms with Gasteiger partial charge in [-0.15, -0.1) is 0 Å². The topological polar surface area (TPSA) is 73.6 Å². The van der Waals surface area contributed by atoms with Crippen LogP contribution in [0.3, 0.4) is 0 Å². The highest BCUT2D eigenvalue weighted by Crippen LogP contribution is 2.19. The van der Waals surface area contributed by atoms with Crippen molar-refractivity contribution in [3.05, 3.63) is 34.9 Å². The molecular weight excluding hydrogens is 280 g/mol. The minimum absolute atomic E-state index is 0.119. The second-order valence-electron chi connectivity index (χ2n) is 4.38. The van der Waals surface area contributed by atoms with E-state index < -0.39 is 0 Å². The molecule has 0 fully saturated rings. The Kier molecular flexibility index (Phi) is 7.54. The normalized spacial score (nSPS) is 13.8. The molecule has 20 heavy (non-hydrogen) atoms. The van der Waals surface area contributed by atoms with Crippen molar-refractivity contribution in [1.29, 1.82) is 0 Å². The van der Waals surface area contributed by atoms with Crippen molar-refractivity contribution in [3.8, 4) is 0 Å². The maximum absolute atomic E-state index is 11.8. The third-order valence-corrected chi connectivity index (χ3v) is 3.23. The zero-order chi connectivity index (χ0) is 15.0. The van der Waals surface area contributed by atoms with E-state index in [2.05, 4.69) is 5.32 Å². The fourth-order valence-electron chi connectivity index (χ4n) is 1.79. The van der Waals surface area contributed by atoms with Crippen molar-refractivity contribution < 1.29 is 14.3 Å². The number of hydrogen-bond donors (Lipinski definition) is 2. The molecule has 112 valence electrons. The standard InChI is InChI=1S/C14H21ClN2O3/c1-19-12(8-16)7-14(18)17-9-13(20-2)10-4-3-5-11(15)6-10/h3-6,12-13H,7-9,16H2,1-2H3,(H,17,18). The molecule has 1 rings (SSSR count). The lowest BCUT2D eigenvalue weighted by atomic mass is 10.1. The molecule has 0 bridgehead atoms. The Hall–Kier alpha value is -1.14. The predicted molar refractivity (Wildman–Crippen MR) is 78.7 cm³/mol. The number of halogens is 1. The fourth-order valence-corrected chi connectivity index (χ4v) is 1.99. The summed E-state index contributed by atoms with van der Waals surface area (Å²) in [7, 11) is 3.13. The van der Waals surface area contributed by atoms with E-state index in [1.807, 2.05) is 18.2 Å². The number of carbonyl (C=O) groups is 1. The molecular formula is C14H21ClN2O3. The molecule has 3 N–H and O–H groups in total. The van der Waals surface area contributed by atoms with Crippen LogP contribution in [0.1, 0.15) is 18.1 Å². The summed E-state index contributed by atoms with van der Waals surface area (Å²) in [5, 5.41) is 3.45. The van der Waals surface area contributed by atoms with Crippen molar-refractivity contribution >= 4 is 17.5 Å². The van der Waals surface area contributed by atoms with E-state index in [9.17, 15) is 4.79 Å². The highest BCUT2D eigenvalue weighted by atomic mass is 35.5. The van der Waals surface area contributed by atoms with Crippen LogP contribution in [-0.2, 0) is 14.3 Å². The Morgan fingerprint density at radius 1 is 1.40 bits per heavy atom. The largest absolute Gasteiger partial charge is 0.380 e. The fraction of sp³-hybridized carbons (Fsp3) is 0.500. The first-order valence-electron chi connectivity index (χ1n) is 6.38. The molecule has 0 aliphatic rings. The first-order chi connectivity index (χ1) is 9.60. The van der Waals surface area contributed by atoms with E-state index in [-0.39, 0.29) is 24.5 Å². The van der Waals surface area contributed by atoms with Gasteiger partial charge in [-0.2, -0.15) is 0 Å². The Labute approximate surface area is 124 Å². The molecule has 1 aromatic carbocycles. The van der Waals surface area contributed by atoms with E-state index in [0.717, 1.165) is 5.56 Å². The molecule has 0 aliphatic heterocycles. The zero-order valence-corrected chi connectivity index (χ0v) is 12.5. The second-order valence-corrected chi connectivity index (χ2v) is 4.82. The lowest BCUT2D eigenvalue weighted by Gasteiger charge is -2.18.